The largest absolute Gasteiger partial charge is 0.362 e. The highest BCUT2D eigenvalue weighted by Gasteiger charge is 2.17. The van der Waals surface area contributed by atoms with Crippen LogP contribution in [0.5, 0.6) is 0 Å². The van der Waals surface area contributed by atoms with Crippen LogP contribution in [-0.2, 0) is 5.79 Å². The lowest BCUT2D eigenvalue weighted by Crippen LogP contribution is -2.19. The van der Waals surface area contributed by atoms with Crippen molar-refractivity contribution in [2.45, 2.75) is 12.7 Å². The first-order valence-electron chi connectivity index (χ1n) is 3.21. The van der Waals surface area contributed by atoms with Gasteiger partial charge in [-0.2, -0.15) is 0 Å². The van der Waals surface area contributed by atoms with Gasteiger partial charge in [0.1, 0.15) is 0 Å². The van der Waals surface area contributed by atoms with Gasteiger partial charge in [0.15, 0.2) is 5.79 Å². The first-order valence-corrected chi connectivity index (χ1v) is 4.00. The number of hydrogen-bond acceptors (Lipinski definition) is 2. The van der Waals surface area contributed by atoms with E-state index in [0.717, 1.165) is 4.47 Å². The molecular formula is C8H9BrO2. The molecule has 11 heavy (non-hydrogen) atoms. The Balaban J connectivity index is 2.99. The van der Waals surface area contributed by atoms with Crippen molar-refractivity contribution in [2.75, 3.05) is 0 Å². The van der Waals surface area contributed by atoms with Crippen molar-refractivity contribution < 1.29 is 10.2 Å². The molecule has 0 aromatic heterocycles. The molecule has 1 aromatic rings. The number of benzene rings is 1. The third-order valence-electron chi connectivity index (χ3n) is 1.39. The molecule has 0 atom stereocenters. The third kappa shape index (κ3) is 2.29. The third-order valence-corrected chi connectivity index (χ3v) is 1.92. The summed E-state index contributed by atoms with van der Waals surface area (Å²) >= 11 is 3.25. The van der Waals surface area contributed by atoms with Crippen LogP contribution in [0.1, 0.15) is 12.5 Å². The minimum atomic E-state index is -1.74. The van der Waals surface area contributed by atoms with Gasteiger partial charge in [-0.1, -0.05) is 28.1 Å². The maximum absolute atomic E-state index is 9.12. The van der Waals surface area contributed by atoms with E-state index in [4.69, 9.17) is 10.2 Å². The zero-order valence-corrected chi connectivity index (χ0v) is 7.67. The SMILES string of the molecule is CC(O)(O)c1ccc(Br)cc1. The van der Waals surface area contributed by atoms with Crippen molar-refractivity contribution in [1.29, 1.82) is 0 Å². The molecule has 0 aliphatic carbocycles. The Morgan fingerprint density at radius 3 is 2.00 bits per heavy atom. The second-order valence-corrected chi connectivity index (χ2v) is 3.44. The monoisotopic (exact) mass is 216 g/mol. The molecule has 0 fully saturated rings. The van der Waals surface area contributed by atoms with Gasteiger partial charge in [0.25, 0.3) is 0 Å². The normalized spacial score (nSPS) is 11.6. The van der Waals surface area contributed by atoms with Gasteiger partial charge in [0, 0.05) is 10.0 Å². The maximum Gasteiger partial charge on any atom is 0.186 e. The fraction of sp³-hybridized carbons (Fsp3) is 0.250. The smallest absolute Gasteiger partial charge is 0.186 e. The van der Waals surface area contributed by atoms with E-state index in [1.807, 2.05) is 0 Å². The molecule has 1 rings (SSSR count). The summed E-state index contributed by atoms with van der Waals surface area (Å²) in [7, 11) is 0. The highest BCUT2D eigenvalue weighted by molar-refractivity contribution is 9.10. The van der Waals surface area contributed by atoms with Crippen molar-refractivity contribution in [2.24, 2.45) is 0 Å². The molecule has 0 heterocycles. The molecule has 3 heteroatoms. The quantitative estimate of drug-likeness (QED) is 0.701. The second-order valence-electron chi connectivity index (χ2n) is 2.53. The Morgan fingerprint density at radius 1 is 1.18 bits per heavy atom. The summed E-state index contributed by atoms with van der Waals surface area (Å²) in [6, 6.07) is 6.84. The molecule has 0 saturated carbocycles. The summed E-state index contributed by atoms with van der Waals surface area (Å²) in [6.45, 7) is 1.33. The lowest BCUT2D eigenvalue weighted by Gasteiger charge is -2.15. The van der Waals surface area contributed by atoms with E-state index in [2.05, 4.69) is 15.9 Å². The van der Waals surface area contributed by atoms with Gasteiger partial charge in [0.05, 0.1) is 0 Å². The molecule has 0 amide bonds. The van der Waals surface area contributed by atoms with Gasteiger partial charge in [-0.25, -0.2) is 0 Å². The van der Waals surface area contributed by atoms with E-state index in [1.54, 1.807) is 24.3 Å². The molecule has 0 unspecified atom stereocenters. The minimum absolute atomic E-state index is 0.487. The number of aliphatic hydroxyl groups is 2. The molecule has 0 radical (unpaired) electrons. The Labute approximate surface area is 73.6 Å². The van der Waals surface area contributed by atoms with Crippen LogP contribution in [-0.4, -0.2) is 10.2 Å². The predicted octanol–water partition coefficient (Wildman–Crippen LogP) is 1.61. The predicted molar refractivity (Wildman–Crippen MR) is 45.9 cm³/mol. The maximum atomic E-state index is 9.12. The summed E-state index contributed by atoms with van der Waals surface area (Å²) in [5.41, 5.74) is 0.487. The van der Waals surface area contributed by atoms with E-state index >= 15 is 0 Å². The molecule has 60 valence electrons. The Bertz CT molecular complexity index is 235. The van der Waals surface area contributed by atoms with Crippen molar-refractivity contribution >= 4 is 15.9 Å². The Morgan fingerprint density at radius 2 is 1.64 bits per heavy atom. The number of hydrogen-bond donors (Lipinski definition) is 2. The lowest BCUT2D eigenvalue weighted by atomic mass is 10.1. The van der Waals surface area contributed by atoms with Gasteiger partial charge in [-0.3, -0.25) is 0 Å². The van der Waals surface area contributed by atoms with Crippen LogP contribution in [0.3, 0.4) is 0 Å². The van der Waals surface area contributed by atoms with Gasteiger partial charge >= 0.3 is 0 Å². The summed E-state index contributed by atoms with van der Waals surface area (Å²) < 4.78 is 0.922. The summed E-state index contributed by atoms with van der Waals surface area (Å²) in [5.74, 6) is -1.74. The molecule has 2 nitrogen and oxygen atoms in total. The Kier molecular flexibility index (Phi) is 2.32. The fourth-order valence-corrected chi connectivity index (χ4v) is 1.03. The van der Waals surface area contributed by atoms with E-state index < -0.39 is 5.79 Å². The van der Waals surface area contributed by atoms with Gasteiger partial charge in [-0.05, 0) is 19.1 Å². The number of rotatable bonds is 1. The molecular weight excluding hydrogens is 208 g/mol. The van der Waals surface area contributed by atoms with Crippen LogP contribution >= 0.6 is 15.9 Å². The van der Waals surface area contributed by atoms with Crippen LogP contribution in [0, 0.1) is 0 Å². The lowest BCUT2D eigenvalue weighted by molar-refractivity contribution is -0.152. The topological polar surface area (TPSA) is 40.5 Å². The fourth-order valence-electron chi connectivity index (χ4n) is 0.766. The average molecular weight is 217 g/mol. The first kappa shape index (κ1) is 8.71. The zero-order valence-electron chi connectivity index (χ0n) is 6.08. The highest BCUT2D eigenvalue weighted by Crippen LogP contribution is 2.19. The molecule has 0 saturated heterocycles. The van der Waals surface area contributed by atoms with E-state index in [1.165, 1.54) is 6.92 Å². The van der Waals surface area contributed by atoms with Crippen LogP contribution in [0.2, 0.25) is 0 Å². The van der Waals surface area contributed by atoms with Crippen molar-refractivity contribution in [3.05, 3.63) is 34.3 Å². The summed E-state index contributed by atoms with van der Waals surface area (Å²) in [4.78, 5) is 0. The molecule has 1 aromatic carbocycles. The van der Waals surface area contributed by atoms with Gasteiger partial charge in [-0.15, -0.1) is 0 Å². The molecule has 0 bridgehead atoms. The van der Waals surface area contributed by atoms with Crippen LogP contribution in [0.25, 0.3) is 0 Å². The second kappa shape index (κ2) is 2.93. The summed E-state index contributed by atoms with van der Waals surface area (Å²) in [6.07, 6.45) is 0. The van der Waals surface area contributed by atoms with Crippen molar-refractivity contribution in [1.82, 2.24) is 0 Å². The van der Waals surface area contributed by atoms with E-state index in [9.17, 15) is 0 Å². The van der Waals surface area contributed by atoms with E-state index in [-0.39, 0.29) is 0 Å². The average Bonchev–Trinajstić information content (AvgIpc) is 1.86. The van der Waals surface area contributed by atoms with E-state index in [0.29, 0.717) is 5.56 Å². The van der Waals surface area contributed by atoms with Gasteiger partial charge < -0.3 is 10.2 Å². The molecule has 0 aliphatic rings. The summed E-state index contributed by atoms with van der Waals surface area (Å²) in [5, 5.41) is 18.2. The van der Waals surface area contributed by atoms with Crippen molar-refractivity contribution in [3.8, 4) is 0 Å². The molecule has 0 aliphatic heterocycles. The standard InChI is InChI=1S/C8H9BrO2/c1-8(10,11)6-2-4-7(9)5-3-6/h2-5,10-11H,1H3. The number of halogens is 1. The van der Waals surface area contributed by atoms with Crippen LogP contribution in [0.15, 0.2) is 28.7 Å². The molecule has 2 N–H and O–H groups in total. The first-order chi connectivity index (χ1) is 5.00. The minimum Gasteiger partial charge on any atom is -0.362 e. The highest BCUT2D eigenvalue weighted by atomic mass is 79.9. The van der Waals surface area contributed by atoms with Crippen LogP contribution in [0.4, 0.5) is 0 Å². The van der Waals surface area contributed by atoms with Gasteiger partial charge in [0.2, 0.25) is 0 Å². The zero-order chi connectivity index (χ0) is 8.48. The van der Waals surface area contributed by atoms with Crippen LogP contribution < -0.4 is 0 Å². The Hall–Kier alpha value is -0.380. The van der Waals surface area contributed by atoms with Crippen molar-refractivity contribution in [3.63, 3.8) is 0 Å². The molecule has 0 spiro atoms.